The third-order valence-corrected chi connectivity index (χ3v) is 5.17. The molecular weight excluding hydrogens is 342 g/mol. The van der Waals surface area contributed by atoms with Crippen molar-refractivity contribution in [3.63, 3.8) is 0 Å². The summed E-state index contributed by atoms with van der Waals surface area (Å²) in [6, 6.07) is 11.8. The van der Waals surface area contributed by atoms with E-state index in [9.17, 15) is 13.2 Å². The maximum absolute atomic E-state index is 12.4. The molecule has 1 aliphatic rings. The van der Waals surface area contributed by atoms with Crippen molar-refractivity contribution >= 4 is 27.3 Å². The van der Waals surface area contributed by atoms with Crippen molar-refractivity contribution < 1.29 is 17.9 Å². The Morgan fingerprint density at radius 1 is 1.20 bits per heavy atom. The van der Waals surface area contributed by atoms with Crippen LogP contribution in [0.5, 0.6) is 5.75 Å². The van der Waals surface area contributed by atoms with Crippen LogP contribution in [0.4, 0.5) is 11.4 Å². The molecular formula is C17H19N3O4S. The summed E-state index contributed by atoms with van der Waals surface area (Å²) in [6.45, 7) is 4.29. The van der Waals surface area contributed by atoms with E-state index >= 15 is 0 Å². The lowest BCUT2D eigenvalue weighted by Gasteiger charge is -2.27. The first-order valence-electron chi connectivity index (χ1n) is 7.82. The summed E-state index contributed by atoms with van der Waals surface area (Å²) in [5.41, 5.74) is 1.85. The molecule has 0 fully saturated rings. The van der Waals surface area contributed by atoms with Gasteiger partial charge in [-0.3, -0.25) is 4.79 Å². The molecule has 0 radical (unpaired) electrons. The molecule has 0 aliphatic carbocycles. The number of fused-ring (bicyclic) bond motifs is 1. The summed E-state index contributed by atoms with van der Waals surface area (Å²) < 4.78 is 32.3. The minimum atomic E-state index is -3.75. The zero-order chi connectivity index (χ0) is 18.0. The molecule has 0 bridgehead atoms. The van der Waals surface area contributed by atoms with Crippen LogP contribution in [0.1, 0.15) is 12.5 Å². The fourth-order valence-corrected chi connectivity index (χ4v) is 3.79. The number of carbonyl (C=O) groups excluding carboxylic acids is 1. The molecule has 0 unspecified atom stereocenters. The van der Waals surface area contributed by atoms with Crippen LogP contribution in [0.2, 0.25) is 0 Å². The molecule has 2 aromatic carbocycles. The van der Waals surface area contributed by atoms with Gasteiger partial charge < -0.3 is 15.4 Å². The van der Waals surface area contributed by atoms with Crippen molar-refractivity contribution in [1.82, 2.24) is 4.72 Å². The molecule has 25 heavy (non-hydrogen) atoms. The number of rotatable bonds is 4. The zero-order valence-corrected chi connectivity index (χ0v) is 14.7. The van der Waals surface area contributed by atoms with Crippen molar-refractivity contribution in [2.75, 3.05) is 17.2 Å². The molecule has 0 spiro atoms. The molecule has 0 saturated heterocycles. The smallest absolute Gasteiger partial charge is 0.262 e. The third kappa shape index (κ3) is 3.75. The lowest BCUT2D eigenvalue weighted by atomic mass is 10.2. The molecule has 0 saturated carbocycles. The van der Waals surface area contributed by atoms with Gasteiger partial charge >= 0.3 is 0 Å². The average molecular weight is 361 g/mol. The van der Waals surface area contributed by atoms with Crippen molar-refractivity contribution in [1.29, 1.82) is 0 Å². The second kappa shape index (κ2) is 6.73. The first kappa shape index (κ1) is 17.2. The number of ether oxygens (including phenoxy) is 1. The second-order valence-electron chi connectivity index (χ2n) is 5.64. The van der Waals surface area contributed by atoms with Gasteiger partial charge in [0.05, 0.1) is 12.3 Å². The monoisotopic (exact) mass is 361 g/mol. The van der Waals surface area contributed by atoms with E-state index in [1.807, 2.05) is 13.8 Å². The summed E-state index contributed by atoms with van der Waals surface area (Å²) in [4.78, 5) is 12.6. The van der Waals surface area contributed by atoms with Crippen molar-refractivity contribution in [3.05, 3.63) is 48.0 Å². The molecule has 1 heterocycles. The lowest BCUT2D eigenvalue weighted by Crippen LogP contribution is -2.51. The normalized spacial score (nSPS) is 17.9. The van der Waals surface area contributed by atoms with Crippen LogP contribution in [-0.2, 0) is 14.8 Å². The number of aryl methyl sites for hydroxylation is 1. The maximum Gasteiger partial charge on any atom is 0.262 e. The molecule has 132 valence electrons. The van der Waals surface area contributed by atoms with E-state index in [2.05, 4.69) is 15.4 Å². The van der Waals surface area contributed by atoms with E-state index in [1.54, 1.807) is 36.4 Å². The van der Waals surface area contributed by atoms with Crippen molar-refractivity contribution in [2.45, 2.75) is 24.9 Å². The standard InChI is InChI=1S/C17H19N3O4S/c1-3-24-13-7-5-12(6-8-13)18-17(21)16-19-14-10-11(2)4-9-15(14)25(22,23)20-16/h4-10,16,19-20H,3H2,1-2H3,(H,18,21)/t16-/m1/s1. The largest absolute Gasteiger partial charge is 0.494 e. The van der Waals surface area contributed by atoms with Gasteiger partial charge in [-0.15, -0.1) is 0 Å². The van der Waals surface area contributed by atoms with Crippen molar-refractivity contribution in [3.8, 4) is 5.75 Å². The molecule has 3 rings (SSSR count). The van der Waals surface area contributed by atoms with Gasteiger partial charge in [0.1, 0.15) is 10.6 Å². The Balaban J connectivity index is 1.77. The molecule has 1 atom stereocenters. The Morgan fingerprint density at radius 2 is 1.92 bits per heavy atom. The van der Waals surface area contributed by atoms with E-state index in [-0.39, 0.29) is 4.90 Å². The van der Waals surface area contributed by atoms with Crippen LogP contribution in [-0.4, -0.2) is 27.1 Å². The highest BCUT2D eigenvalue weighted by molar-refractivity contribution is 7.89. The Labute approximate surface area is 146 Å². The average Bonchev–Trinajstić information content (AvgIpc) is 2.55. The van der Waals surface area contributed by atoms with E-state index in [0.29, 0.717) is 23.7 Å². The van der Waals surface area contributed by atoms with Crippen LogP contribution >= 0.6 is 0 Å². The minimum Gasteiger partial charge on any atom is -0.494 e. The predicted octanol–water partition coefficient (Wildman–Crippen LogP) is 2.06. The highest BCUT2D eigenvalue weighted by Gasteiger charge is 2.33. The number of nitrogens with one attached hydrogen (secondary N) is 3. The quantitative estimate of drug-likeness (QED) is 0.775. The van der Waals surface area contributed by atoms with Gasteiger partial charge in [0.25, 0.3) is 5.91 Å². The highest BCUT2D eigenvalue weighted by atomic mass is 32.2. The SMILES string of the molecule is CCOc1ccc(NC(=O)[C@@H]2Nc3cc(C)ccc3S(=O)(=O)N2)cc1. The van der Waals surface area contributed by atoms with Crippen LogP contribution in [0.25, 0.3) is 0 Å². The fraction of sp³-hybridized carbons (Fsp3) is 0.235. The van der Waals surface area contributed by atoms with Crippen molar-refractivity contribution in [2.24, 2.45) is 0 Å². The summed E-state index contributed by atoms with van der Waals surface area (Å²) >= 11 is 0. The third-order valence-electron chi connectivity index (χ3n) is 3.69. The Bertz CT molecular complexity index is 895. The summed E-state index contributed by atoms with van der Waals surface area (Å²) in [6.07, 6.45) is -1.09. The number of benzene rings is 2. The molecule has 1 amide bonds. The summed E-state index contributed by atoms with van der Waals surface area (Å²) in [5, 5.41) is 5.60. The van der Waals surface area contributed by atoms with Gasteiger partial charge in [0.15, 0.2) is 6.17 Å². The van der Waals surface area contributed by atoms with Gasteiger partial charge in [-0.25, -0.2) is 8.42 Å². The van der Waals surface area contributed by atoms with Crippen LogP contribution in [0, 0.1) is 6.92 Å². The molecule has 7 nitrogen and oxygen atoms in total. The van der Waals surface area contributed by atoms with Gasteiger partial charge in [-0.05, 0) is 55.8 Å². The second-order valence-corrected chi connectivity index (χ2v) is 7.33. The number of hydrogen-bond acceptors (Lipinski definition) is 5. The molecule has 3 N–H and O–H groups in total. The predicted molar refractivity (Wildman–Crippen MR) is 95.2 cm³/mol. The van der Waals surface area contributed by atoms with E-state index in [0.717, 1.165) is 5.56 Å². The first-order chi connectivity index (χ1) is 11.9. The number of sulfonamides is 1. The van der Waals surface area contributed by atoms with Gasteiger partial charge in [-0.2, -0.15) is 4.72 Å². The minimum absolute atomic E-state index is 0.128. The molecule has 8 heteroatoms. The first-order valence-corrected chi connectivity index (χ1v) is 9.30. The number of anilines is 2. The topological polar surface area (TPSA) is 96.5 Å². The van der Waals surface area contributed by atoms with Gasteiger partial charge in [0, 0.05) is 5.69 Å². The summed E-state index contributed by atoms with van der Waals surface area (Å²) in [5.74, 6) is 0.196. The Hall–Kier alpha value is -2.58. The summed E-state index contributed by atoms with van der Waals surface area (Å²) in [7, 11) is -3.75. The van der Waals surface area contributed by atoms with Crippen LogP contribution in [0.15, 0.2) is 47.4 Å². The van der Waals surface area contributed by atoms with E-state index in [4.69, 9.17) is 4.74 Å². The number of carbonyl (C=O) groups is 1. The lowest BCUT2D eigenvalue weighted by molar-refractivity contribution is -0.117. The maximum atomic E-state index is 12.4. The van der Waals surface area contributed by atoms with Gasteiger partial charge in [-0.1, -0.05) is 6.07 Å². The van der Waals surface area contributed by atoms with Crippen LogP contribution < -0.4 is 20.1 Å². The highest BCUT2D eigenvalue weighted by Crippen LogP contribution is 2.27. The van der Waals surface area contributed by atoms with Gasteiger partial charge in [0.2, 0.25) is 10.0 Å². The fourth-order valence-electron chi connectivity index (χ4n) is 2.53. The van der Waals surface area contributed by atoms with E-state index < -0.39 is 22.1 Å². The Morgan fingerprint density at radius 3 is 2.60 bits per heavy atom. The number of hydrogen-bond donors (Lipinski definition) is 3. The molecule has 0 aromatic heterocycles. The number of amides is 1. The van der Waals surface area contributed by atoms with E-state index in [1.165, 1.54) is 6.07 Å². The molecule has 1 aliphatic heterocycles. The van der Waals surface area contributed by atoms with Crippen LogP contribution in [0.3, 0.4) is 0 Å². The zero-order valence-electron chi connectivity index (χ0n) is 13.9. The Kier molecular flexibility index (Phi) is 4.65. The molecule has 2 aromatic rings.